The van der Waals surface area contributed by atoms with Gasteiger partial charge in [-0.15, -0.1) is 0 Å². The first-order valence-corrected chi connectivity index (χ1v) is 10.2. The van der Waals surface area contributed by atoms with E-state index in [0.717, 1.165) is 0 Å². The van der Waals surface area contributed by atoms with Crippen LogP contribution in [0.15, 0.2) is 65.7 Å². The molecular weight excluding hydrogens is 443 g/mol. The molecule has 1 amide bonds. The fourth-order valence-corrected chi connectivity index (χ4v) is 3.50. The summed E-state index contributed by atoms with van der Waals surface area (Å²) in [5, 5.41) is 18.0. The standard InChI is InChI=1S/C23H19FN6O4/c1-14-11-21(31)22(27-29(14)19-5-3-4-6-20(19)30(33)34)23(32)26-13-16-7-8-18(17(24)12-16)28-10-9-25-15(28)2/h3-12H,13H2,1-2H3,(H,26,32). The fraction of sp³-hybridized carbons (Fsp3) is 0.130. The Morgan fingerprint density at radius 3 is 2.59 bits per heavy atom. The van der Waals surface area contributed by atoms with E-state index in [-0.39, 0.29) is 17.9 Å². The summed E-state index contributed by atoms with van der Waals surface area (Å²) in [5.41, 5.74) is -0.0698. The second-order valence-corrected chi connectivity index (χ2v) is 7.47. The fourth-order valence-electron chi connectivity index (χ4n) is 3.50. The summed E-state index contributed by atoms with van der Waals surface area (Å²) in [6.45, 7) is 3.25. The number of nitro benzene ring substituents is 1. The number of nitrogens with zero attached hydrogens (tertiary/aromatic N) is 5. The number of benzene rings is 2. The molecule has 0 atom stereocenters. The maximum atomic E-state index is 14.6. The van der Waals surface area contributed by atoms with Crippen LogP contribution in [0.2, 0.25) is 0 Å². The van der Waals surface area contributed by atoms with Crippen molar-refractivity contribution in [2.45, 2.75) is 20.4 Å². The van der Waals surface area contributed by atoms with Crippen molar-refractivity contribution in [3.05, 3.63) is 110 Å². The van der Waals surface area contributed by atoms with Crippen LogP contribution < -0.4 is 10.7 Å². The largest absolute Gasteiger partial charge is 0.346 e. The van der Waals surface area contributed by atoms with Crippen LogP contribution in [0.3, 0.4) is 0 Å². The smallest absolute Gasteiger partial charge is 0.294 e. The summed E-state index contributed by atoms with van der Waals surface area (Å²) in [6, 6.07) is 11.5. The minimum atomic E-state index is -0.785. The first-order chi connectivity index (χ1) is 16.3. The number of para-hydroxylation sites is 2. The van der Waals surface area contributed by atoms with Gasteiger partial charge in [-0.05, 0) is 37.6 Å². The summed E-state index contributed by atoms with van der Waals surface area (Å²) in [5.74, 6) is -0.660. The molecule has 11 heteroatoms. The SMILES string of the molecule is Cc1nccn1-c1ccc(CNC(=O)c2nn(-c3ccccc3[N+](=O)[O-])c(C)cc2=O)cc1F. The molecule has 1 N–H and O–H groups in total. The third-order valence-corrected chi connectivity index (χ3v) is 5.18. The first-order valence-electron chi connectivity index (χ1n) is 10.2. The number of halogens is 1. The molecule has 0 saturated carbocycles. The minimum Gasteiger partial charge on any atom is -0.346 e. The molecule has 4 rings (SSSR count). The van der Waals surface area contributed by atoms with Gasteiger partial charge in [0.1, 0.15) is 17.3 Å². The number of hydrogen-bond acceptors (Lipinski definition) is 6. The lowest BCUT2D eigenvalue weighted by Gasteiger charge is -2.12. The van der Waals surface area contributed by atoms with Gasteiger partial charge in [0.05, 0.1) is 10.6 Å². The zero-order chi connectivity index (χ0) is 24.4. The van der Waals surface area contributed by atoms with E-state index >= 15 is 0 Å². The number of aromatic nitrogens is 4. The number of hydrogen-bond donors (Lipinski definition) is 1. The Morgan fingerprint density at radius 1 is 1.15 bits per heavy atom. The van der Waals surface area contributed by atoms with Crippen LogP contribution in [0.5, 0.6) is 0 Å². The third-order valence-electron chi connectivity index (χ3n) is 5.18. The van der Waals surface area contributed by atoms with E-state index in [1.807, 2.05) is 0 Å². The van der Waals surface area contributed by atoms with Gasteiger partial charge >= 0.3 is 0 Å². The number of amides is 1. The predicted molar refractivity (Wildman–Crippen MR) is 121 cm³/mol. The molecule has 172 valence electrons. The molecule has 34 heavy (non-hydrogen) atoms. The van der Waals surface area contributed by atoms with E-state index in [2.05, 4.69) is 15.4 Å². The van der Waals surface area contributed by atoms with Crippen molar-refractivity contribution in [1.82, 2.24) is 24.6 Å². The molecule has 0 radical (unpaired) electrons. The van der Waals surface area contributed by atoms with Gasteiger partial charge in [-0.25, -0.2) is 14.1 Å². The monoisotopic (exact) mass is 462 g/mol. The van der Waals surface area contributed by atoms with E-state index in [4.69, 9.17) is 0 Å². The summed E-state index contributed by atoms with van der Waals surface area (Å²) in [4.78, 5) is 40.0. The molecule has 0 aliphatic rings. The molecule has 0 unspecified atom stereocenters. The maximum Gasteiger partial charge on any atom is 0.294 e. The van der Waals surface area contributed by atoms with Crippen molar-refractivity contribution in [3.8, 4) is 11.4 Å². The zero-order valence-electron chi connectivity index (χ0n) is 18.2. The molecule has 0 aliphatic heterocycles. The summed E-state index contributed by atoms with van der Waals surface area (Å²) in [6.07, 6.45) is 3.20. The highest BCUT2D eigenvalue weighted by molar-refractivity contribution is 5.92. The van der Waals surface area contributed by atoms with Crippen molar-refractivity contribution in [2.75, 3.05) is 0 Å². The van der Waals surface area contributed by atoms with Gasteiger partial charge in [0.2, 0.25) is 5.43 Å². The van der Waals surface area contributed by atoms with Crippen LogP contribution >= 0.6 is 0 Å². The van der Waals surface area contributed by atoms with Crippen LogP contribution in [0.1, 0.15) is 27.6 Å². The lowest BCUT2D eigenvalue weighted by Crippen LogP contribution is -2.31. The summed E-state index contributed by atoms with van der Waals surface area (Å²) >= 11 is 0. The van der Waals surface area contributed by atoms with Gasteiger partial charge in [-0.3, -0.25) is 19.7 Å². The van der Waals surface area contributed by atoms with Crippen LogP contribution in [0.25, 0.3) is 11.4 Å². The van der Waals surface area contributed by atoms with Gasteiger partial charge in [0.25, 0.3) is 11.6 Å². The quantitative estimate of drug-likeness (QED) is 0.347. The Balaban J connectivity index is 1.58. The molecule has 0 saturated heterocycles. The number of rotatable bonds is 6. The second kappa shape index (κ2) is 9.06. The normalized spacial score (nSPS) is 10.8. The van der Waals surface area contributed by atoms with Gasteiger partial charge in [0, 0.05) is 36.8 Å². The van der Waals surface area contributed by atoms with E-state index in [1.54, 1.807) is 49.0 Å². The number of carbonyl (C=O) groups excluding carboxylic acids is 1. The van der Waals surface area contributed by atoms with E-state index in [1.165, 1.54) is 35.0 Å². The molecule has 0 aliphatic carbocycles. The van der Waals surface area contributed by atoms with Crippen molar-refractivity contribution < 1.29 is 14.1 Å². The van der Waals surface area contributed by atoms with Crippen molar-refractivity contribution in [3.63, 3.8) is 0 Å². The molecule has 10 nitrogen and oxygen atoms in total. The average molecular weight is 462 g/mol. The van der Waals surface area contributed by atoms with Gasteiger partial charge in [-0.2, -0.15) is 5.10 Å². The van der Waals surface area contributed by atoms with Crippen LogP contribution in [0, 0.1) is 29.8 Å². The van der Waals surface area contributed by atoms with E-state index in [9.17, 15) is 24.1 Å². The van der Waals surface area contributed by atoms with Crippen LogP contribution in [-0.2, 0) is 6.54 Å². The molecule has 0 bridgehead atoms. The topological polar surface area (TPSA) is 125 Å². The highest BCUT2D eigenvalue weighted by Crippen LogP contribution is 2.22. The summed E-state index contributed by atoms with van der Waals surface area (Å²) < 4.78 is 17.4. The van der Waals surface area contributed by atoms with Gasteiger partial charge in [0.15, 0.2) is 5.69 Å². The van der Waals surface area contributed by atoms with Crippen molar-refractivity contribution in [1.29, 1.82) is 0 Å². The summed E-state index contributed by atoms with van der Waals surface area (Å²) in [7, 11) is 0. The lowest BCUT2D eigenvalue weighted by atomic mass is 10.2. The molecule has 0 spiro atoms. The number of carbonyl (C=O) groups is 1. The second-order valence-electron chi connectivity index (χ2n) is 7.47. The lowest BCUT2D eigenvalue weighted by molar-refractivity contribution is -0.384. The predicted octanol–water partition coefficient (Wildman–Crippen LogP) is 3.01. The Bertz CT molecular complexity index is 1480. The minimum absolute atomic E-state index is 0.0561. The van der Waals surface area contributed by atoms with E-state index in [0.29, 0.717) is 22.8 Å². The first kappa shape index (κ1) is 22.5. The highest BCUT2D eigenvalue weighted by Gasteiger charge is 2.20. The maximum absolute atomic E-state index is 14.6. The molecule has 4 aromatic rings. The molecule has 2 aromatic heterocycles. The third kappa shape index (κ3) is 4.31. The zero-order valence-corrected chi connectivity index (χ0v) is 18.2. The molecule has 2 heterocycles. The molecular formula is C23H19FN6O4. The van der Waals surface area contributed by atoms with Crippen molar-refractivity contribution in [2.24, 2.45) is 0 Å². The Morgan fingerprint density at radius 2 is 1.91 bits per heavy atom. The number of imidazole rings is 1. The van der Waals surface area contributed by atoms with Gasteiger partial charge < -0.3 is 9.88 Å². The van der Waals surface area contributed by atoms with Crippen molar-refractivity contribution >= 4 is 11.6 Å². The Hall–Kier alpha value is -4.67. The number of nitrogens with one attached hydrogen (secondary N) is 1. The molecule has 2 aromatic carbocycles. The van der Waals surface area contributed by atoms with E-state index < -0.39 is 27.8 Å². The molecule has 0 fully saturated rings. The van der Waals surface area contributed by atoms with Gasteiger partial charge in [-0.1, -0.05) is 18.2 Å². The number of nitro groups is 1. The van der Waals surface area contributed by atoms with Crippen LogP contribution in [-0.4, -0.2) is 30.2 Å². The Kier molecular flexibility index (Phi) is 6.00. The average Bonchev–Trinajstić information content (AvgIpc) is 3.23. The number of aryl methyl sites for hydroxylation is 2. The van der Waals surface area contributed by atoms with Crippen LogP contribution in [0.4, 0.5) is 10.1 Å². The Labute approximate surface area is 192 Å². The highest BCUT2D eigenvalue weighted by atomic mass is 19.1.